The number of rotatable bonds is 5. The monoisotopic (exact) mass is 583 g/mol. The summed E-state index contributed by atoms with van der Waals surface area (Å²) in [6.07, 6.45) is 12.6. The van der Waals surface area contributed by atoms with Gasteiger partial charge in [-0.2, -0.15) is 0 Å². The average molecular weight is 584 g/mol. The van der Waals surface area contributed by atoms with E-state index in [9.17, 15) is 9.59 Å². The van der Waals surface area contributed by atoms with Gasteiger partial charge in [-0.15, -0.1) is 0 Å². The summed E-state index contributed by atoms with van der Waals surface area (Å²) in [6, 6.07) is -0.394. The molecule has 4 heterocycles. The van der Waals surface area contributed by atoms with E-state index in [0.29, 0.717) is 24.9 Å². The molecule has 4 saturated carbocycles. The lowest BCUT2D eigenvalue weighted by molar-refractivity contribution is -0.218. The van der Waals surface area contributed by atoms with Gasteiger partial charge < -0.3 is 25.6 Å². The van der Waals surface area contributed by atoms with Gasteiger partial charge in [0, 0.05) is 44.3 Å². The Kier molecular flexibility index (Phi) is 7.40. The second-order valence-electron chi connectivity index (χ2n) is 15.1. The van der Waals surface area contributed by atoms with Crippen molar-refractivity contribution in [2.75, 3.05) is 39.3 Å². The molecule has 8 rings (SSSR count). The van der Waals surface area contributed by atoms with Crippen LogP contribution in [0.3, 0.4) is 0 Å². The third-order valence-corrected chi connectivity index (χ3v) is 12.9. The van der Waals surface area contributed by atoms with Gasteiger partial charge in [0.2, 0.25) is 0 Å². The third kappa shape index (κ3) is 4.67. The number of hydrogen-bond donors (Lipinski definition) is 2. The summed E-state index contributed by atoms with van der Waals surface area (Å²) >= 11 is 0. The fourth-order valence-corrected chi connectivity index (χ4v) is 11.1. The Morgan fingerprint density at radius 1 is 0.976 bits per heavy atom. The van der Waals surface area contributed by atoms with Gasteiger partial charge in [0.05, 0.1) is 35.9 Å². The van der Waals surface area contributed by atoms with Crippen LogP contribution in [-0.2, 0) is 14.3 Å². The van der Waals surface area contributed by atoms with Gasteiger partial charge in [-0.3, -0.25) is 14.5 Å². The van der Waals surface area contributed by atoms with Crippen molar-refractivity contribution < 1.29 is 18.7 Å². The molecular weight excluding hydrogens is 533 g/mol. The lowest BCUT2D eigenvalue weighted by Gasteiger charge is -2.61. The molecule has 0 bridgehead atoms. The van der Waals surface area contributed by atoms with Crippen LogP contribution in [0.4, 0.5) is 4.39 Å². The number of alkyl halides is 1. The van der Waals surface area contributed by atoms with Crippen LogP contribution in [0.25, 0.3) is 0 Å². The molecular formula is C33H50FN5O3. The molecule has 8 nitrogen and oxygen atoms in total. The zero-order valence-electron chi connectivity index (χ0n) is 25.0. The van der Waals surface area contributed by atoms with Gasteiger partial charge in [0.1, 0.15) is 6.17 Å². The van der Waals surface area contributed by atoms with Gasteiger partial charge >= 0.3 is 0 Å². The first-order chi connectivity index (χ1) is 20.5. The van der Waals surface area contributed by atoms with Crippen LogP contribution in [0, 0.1) is 29.6 Å². The number of morpholine rings is 1. The molecule has 8 aliphatic rings. The summed E-state index contributed by atoms with van der Waals surface area (Å²) in [7, 11) is 0. The van der Waals surface area contributed by atoms with Crippen LogP contribution < -0.4 is 11.1 Å². The first-order valence-corrected chi connectivity index (χ1v) is 17.3. The van der Waals surface area contributed by atoms with E-state index in [4.69, 9.17) is 10.5 Å². The van der Waals surface area contributed by atoms with Crippen molar-refractivity contribution in [2.45, 2.75) is 113 Å². The van der Waals surface area contributed by atoms with Gasteiger partial charge in [0.15, 0.2) is 5.78 Å². The molecule has 42 heavy (non-hydrogen) atoms. The summed E-state index contributed by atoms with van der Waals surface area (Å²) in [4.78, 5) is 34.4. The predicted octanol–water partition coefficient (Wildman–Crippen LogP) is 2.47. The van der Waals surface area contributed by atoms with E-state index in [2.05, 4.69) is 20.0 Å². The molecule has 0 radical (unpaired) electrons. The number of Topliss-reactive ketones (excluding diaryl/α,β-unsaturated/α-hetero) is 1. The molecule has 11 unspecified atom stereocenters. The molecule has 9 heteroatoms. The van der Waals surface area contributed by atoms with Gasteiger partial charge in [0.25, 0.3) is 5.91 Å². The minimum absolute atomic E-state index is 0.0156. The summed E-state index contributed by atoms with van der Waals surface area (Å²) in [5.74, 6) is 1.99. The van der Waals surface area contributed by atoms with Gasteiger partial charge in [-0.1, -0.05) is 19.3 Å². The SMILES string of the molecule is N[C@@H]1CCN(C2C(F)CC3C(=O)C(C(=O)NCCN4CCCC4)=CN4C5CC6CC7CCCCC7C6CC5OC2C34)C1. The van der Waals surface area contributed by atoms with E-state index in [1.165, 1.54) is 44.9 Å². The quantitative estimate of drug-likeness (QED) is 0.481. The average Bonchev–Trinajstić information content (AvgIpc) is 3.73. The number of hydrogen-bond acceptors (Lipinski definition) is 7. The second-order valence-corrected chi connectivity index (χ2v) is 15.1. The number of halogens is 1. The number of nitrogens with one attached hydrogen (secondary N) is 1. The highest BCUT2D eigenvalue weighted by Gasteiger charge is 2.62. The predicted molar refractivity (Wildman–Crippen MR) is 157 cm³/mol. The molecule has 4 aliphatic carbocycles. The number of carbonyl (C=O) groups excluding carboxylic acids is 2. The highest BCUT2D eigenvalue weighted by Crippen LogP contribution is 2.57. The number of ketones is 1. The van der Waals surface area contributed by atoms with Crippen LogP contribution in [0.15, 0.2) is 11.8 Å². The molecule has 4 aliphatic heterocycles. The van der Waals surface area contributed by atoms with Crippen molar-refractivity contribution in [3.63, 3.8) is 0 Å². The Labute approximate surface area is 249 Å². The lowest BCUT2D eigenvalue weighted by atomic mass is 9.66. The maximum atomic E-state index is 16.3. The van der Waals surface area contributed by atoms with E-state index in [-0.39, 0.29) is 60.1 Å². The minimum atomic E-state index is -1.17. The molecule has 0 aromatic rings. The maximum Gasteiger partial charge on any atom is 0.256 e. The topological polar surface area (TPSA) is 91.1 Å². The van der Waals surface area contributed by atoms with Crippen LogP contribution in [0.5, 0.6) is 0 Å². The van der Waals surface area contributed by atoms with Crippen molar-refractivity contribution in [1.29, 1.82) is 0 Å². The highest BCUT2D eigenvalue weighted by atomic mass is 19.1. The van der Waals surface area contributed by atoms with Crippen LogP contribution in [0.1, 0.15) is 70.6 Å². The van der Waals surface area contributed by atoms with Crippen molar-refractivity contribution in [3.05, 3.63) is 11.8 Å². The number of nitrogens with two attached hydrogens (primary N) is 1. The fraction of sp³-hybridized carbons (Fsp3) is 0.879. The number of carbonyl (C=O) groups is 2. The zero-order chi connectivity index (χ0) is 28.5. The fourth-order valence-electron chi connectivity index (χ4n) is 11.1. The Hall–Kier alpha value is -1.55. The molecule has 3 saturated heterocycles. The van der Waals surface area contributed by atoms with Gasteiger partial charge in [-0.25, -0.2) is 4.39 Å². The molecule has 1 amide bonds. The second kappa shape index (κ2) is 11.1. The maximum absolute atomic E-state index is 16.3. The van der Waals surface area contributed by atoms with E-state index in [1.807, 2.05) is 6.20 Å². The van der Waals surface area contributed by atoms with Crippen molar-refractivity contribution >= 4 is 11.7 Å². The Morgan fingerprint density at radius 3 is 2.62 bits per heavy atom. The summed E-state index contributed by atoms with van der Waals surface area (Å²) < 4.78 is 23.3. The first kappa shape index (κ1) is 28.0. The molecule has 12 atom stereocenters. The largest absolute Gasteiger partial charge is 0.369 e. The summed E-state index contributed by atoms with van der Waals surface area (Å²) in [5, 5.41) is 3.05. The number of fused-ring (bicyclic) bond motifs is 5. The normalized spacial score (nSPS) is 47.0. The van der Waals surface area contributed by atoms with Gasteiger partial charge in [-0.05, 0) is 88.1 Å². The van der Waals surface area contributed by atoms with E-state index in [0.717, 1.165) is 57.3 Å². The van der Waals surface area contributed by atoms with Crippen molar-refractivity contribution in [3.8, 4) is 0 Å². The molecule has 0 spiro atoms. The molecule has 7 fully saturated rings. The Balaban J connectivity index is 1.10. The number of nitrogens with zero attached hydrogens (tertiary/aromatic N) is 3. The smallest absolute Gasteiger partial charge is 0.256 e. The summed E-state index contributed by atoms with van der Waals surface area (Å²) in [5.41, 5.74) is 6.52. The first-order valence-electron chi connectivity index (χ1n) is 17.3. The number of amides is 1. The number of likely N-dealkylation sites (tertiary alicyclic amines) is 2. The Morgan fingerprint density at radius 2 is 1.81 bits per heavy atom. The number of ether oxygens (including phenoxy) is 1. The van der Waals surface area contributed by atoms with Crippen LogP contribution in [-0.4, -0.2) is 108 Å². The van der Waals surface area contributed by atoms with E-state index < -0.39 is 12.1 Å². The van der Waals surface area contributed by atoms with Crippen LogP contribution >= 0.6 is 0 Å². The molecule has 3 N–H and O–H groups in total. The highest BCUT2D eigenvalue weighted by molar-refractivity contribution is 6.20. The van der Waals surface area contributed by atoms with E-state index >= 15 is 4.39 Å². The van der Waals surface area contributed by atoms with Crippen molar-refractivity contribution in [2.24, 2.45) is 35.3 Å². The van der Waals surface area contributed by atoms with Crippen LogP contribution in [0.2, 0.25) is 0 Å². The minimum Gasteiger partial charge on any atom is -0.369 e. The third-order valence-electron chi connectivity index (χ3n) is 12.9. The standard InChI is InChI=1S/C33H50FN5O3/c34-26-15-24-29-32(30(26)38-11-7-21(35)17-38)42-28-16-23-20(13-19-5-1-2-6-22(19)23)14-27(28)39(29)18-25(31(24)40)33(41)36-8-12-37-9-3-4-10-37/h18-24,26-30,32H,1-17,35H2,(H,36,41)/t19?,20?,21-,22?,23?,24?,26?,27?,28?,29?,30?,32?/m1/s1. The van der Waals surface area contributed by atoms with Crippen molar-refractivity contribution in [1.82, 2.24) is 20.0 Å². The van der Waals surface area contributed by atoms with E-state index in [1.54, 1.807) is 0 Å². The zero-order valence-corrected chi connectivity index (χ0v) is 25.0. The molecule has 232 valence electrons. The molecule has 0 aromatic carbocycles. The molecule has 0 aromatic heterocycles. The lowest BCUT2D eigenvalue weighted by Crippen LogP contribution is -2.73. The summed E-state index contributed by atoms with van der Waals surface area (Å²) in [6.45, 7) is 4.95. The Bertz CT molecular complexity index is 1100.